The van der Waals surface area contributed by atoms with Gasteiger partial charge in [-0.2, -0.15) is 5.26 Å². The summed E-state index contributed by atoms with van der Waals surface area (Å²) in [5, 5.41) is 15.7. The summed E-state index contributed by atoms with van der Waals surface area (Å²) in [6, 6.07) is 14.3. The standard InChI is InChI=1S/C18H12ClN3O2S2/c1-24-12-5-6-13-14(8-12)26-16(15(13)19)17(23)22-18(25)21-11-4-2-3-10(7-11)9-20/h2-8H,1H3,(H2,21,22,23,25). The summed E-state index contributed by atoms with van der Waals surface area (Å²) in [7, 11) is 1.58. The molecule has 0 bridgehead atoms. The summed E-state index contributed by atoms with van der Waals surface area (Å²) in [6.45, 7) is 0. The van der Waals surface area contributed by atoms with Gasteiger partial charge in [0, 0.05) is 15.8 Å². The van der Waals surface area contributed by atoms with Crippen molar-refractivity contribution in [3.05, 3.63) is 57.9 Å². The van der Waals surface area contributed by atoms with E-state index in [0.717, 1.165) is 10.1 Å². The van der Waals surface area contributed by atoms with Gasteiger partial charge in [0.1, 0.15) is 10.6 Å². The van der Waals surface area contributed by atoms with Gasteiger partial charge in [-0.3, -0.25) is 10.1 Å². The Hall–Kier alpha value is -2.66. The lowest BCUT2D eigenvalue weighted by Crippen LogP contribution is -2.33. The lowest BCUT2D eigenvalue weighted by atomic mass is 10.2. The molecule has 0 aliphatic rings. The molecule has 26 heavy (non-hydrogen) atoms. The largest absolute Gasteiger partial charge is 0.497 e. The molecule has 0 fully saturated rings. The van der Waals surface area contributed by atoms with Crippen LogP contribution >= 0.6 is 35.2 Å². The van der Waals surface area contributed by atoms with Gasteiger partial charge < -0.3 is 10.1 Å². The number of halogens is 1. The van der Waals surface area contributed by atoms with E-state index in [1.807, 2.05) is 18.2 Å². The van der Waals surface area contributed by atoms with E-state index in [-0.39, 0.29) is 5.11 Å². The monoisotopic (exact) mass is 401 g/mol. The molecule has 2 N–H and O–H groups in total. The van der Waals surface area contributed by atoms with Crippen molar-refractivity contribution in [3.63, 3.8) is 0 Å². The highest BCUT2D eigenvalue weighted by Crippen LogP contribution is 2.37. The number of ether oxygens (including phenoxy) is 1. The van der Waals surface area contributed by atoms with Crippen LogP contribution in [-0.4, -0.2) is 18.1 Å². The van der Waals surface area contributed by atoms with Crippen molar-refractivity contribution in [2.75, 3.05) is 12.4 Å². The molecule has 0 aliphatic heterocycles. The third-order valence-corrected chi connectivity index (χ3v) is 5.38. The molecule has 0 spiro atoms. The van der Waals surface area contributed by atoms with Crippen LogP contribution in [0.2, 0.25) is 5.02 Å². The number of thiophene rings is 1. The average molecular weight is 402 g/mol. The summed E-state index contributed by atoms with van der Waals surface area (Å²) < 4.78 is 6.04. The molecule has 0 unspecified atom stereocenters. The number of nitrogens with one attached hydrogen (secondary N) is 2. The predicted molar refractivity (Wildman–Crippen MR) is 108 cm³/mol. The van der Waals surface area contributed by atoms with Crippen molar-refractivity contribution in [1.82, 2.24) is 5.32 Å². The van der Waals surface area contributed by atoms with Crippen molar-refractivity contribution in [1.29, 1.82) is 5.26 Å². The molecule has 1 amide bonds. The Bertz CT molecular complexity index is 1060. The zero-order chi connectivity index (χ0) is 18.7. The maximum Gasteiger partial charge on any atom is 0.269 e. The minimum atomic E-state index is -0.399. The number of amides is 1. The van der Waals surface area contributed by atoms with Gasteiger partial charge in [0.15, 0.2) is 5.11 Å². The smallest absolute Gasteiger partial charge is 0.269 e. The third kappa shape index (κ3) is 3.78. The lowest BCUT2D eigenvalue weighted by Gasteiger charge is -2.09. The van der Waals surface area contributed by atoms with Gasteiger partial charge in [0.2, 0.25) is 0 Å². The van der Waals surface area contributed by atoms with Gasteiger partial charge >= 0.3 is 0 Å². The van der Waals surface area contributed by atoms with Gasteiger partial charge in [0.05, 0.1) is 23.8 Å². The molecule has 0 saturated heterocycles. The van der Waals surface area contributed by atoms with E-state index < -0.39 is 5.91 Å². The quantitative estimate of drug-likeness (QED) is 0.629. The second kappa shape index (κ2) is 7.70. The van der Waals surface area contributed by atoms with E-state index >= 15 is 0 Å². The SMILES string of the molecule is COc1ccc2c(Cl)c(C(=O)NC(=S)Nc3cccc(C#N)c3)sc2c1. The van der Waals surface area contributed by atoms with Crippen LogP contribution in [0.4, 0.5) is 5.69 Å². The molecule has 3 aromatic rings. The van der Waals surface area contributed by atoms with Gasteiger partial charge in [-0.15, -0.1) is 11.3 Å². The second-order valence-corrected chi connectivity index (χ2v) is 7.05. The maximum atomic E-state index is 12.5. The fourth-order valence-corrected chi connectivity index (χ4v) is 3.96. The number of rotatable bonds is 3. The summed E-state index contributed by atoms with van der Waals surface area (Å²) in [6.07, 6.45) is 0. The lowest BCUT2D eigenvalue weighted by molar-refractivity contribution is 0.0982. The number of thiocarbonyl (C=S) groups is 1. The van der Waals surface area contributed by atoms with Crippen molar-refractivity contribution >= 4 is 61.9 Å². The molecule has 0 aliphatic carbocycles. The van der Waals surface area contributed by atoms with E-state index in [2.05, 4.69) is 10.6 Å². The zero-order valence-electron chi connectivity index (χ0n) is 13.5. The van der Waals surface area contributed by atoms with Crippen molar-refractivity contribution in [2.24, 2.45) is 0 Å². The van der Waals surface area contributed by atoms with Gasteiger partial charge in [0.25, 0.3) is 5.91 Å². The first-order chi connectivity index (χ1) is 12.5. The second-order valence-electron chi connectivity index (χ2n) is 5.21. The van der Waals surface area contributed by atoms with Crippen LogP contribution in [0.15, 0.2) is 42.5 Å². The Kier molecular flexibility index (Phi) is 5.38. The minimum absolute atomic E-state index is 0.121. The molecule has 130 valence electrons. The summed E-state index contributed by atoms with van der Waals surface area (Å²) >= 11 is 12.8. The highest BCUT2D eigenvalue weighted by atomic mass is 35.5. The molecule has 8 heteroatoms. The fraction of sp³-hybridized carbons (Fsp3) is 0.0556. The highest BCUT2D eigenvalue weighted by Gasteiger charge is 2.18. The molecule has 5 nitrogen and oxygen atoms in total. The summed E-state index contributed by atoms with van der Waals surface area (Å²) in [4.78, 5) is 12.9. The number of fused-ring (bicyclic) bond motifs is 1. The Balaban J connectivity index is 1.77. The van der Waals surface area contributed by atoms with Crippen molar-refractivity contribution < 1.29 is 9.53 Å². The van der Waals surface area contributed by atoms with Crippen LogP contribution in [0.3, 0.4) is 0 Å². The maximum absolute atomic E-state index is 12.5. The molecular formula is C18H12ClN3O2S2. The van der Waals surface area contributed by atoms with Crippen LogP contribution in [0.1, 0.15) is 15.2 Å². The number of nitrogens with zero attached hydrogens (tertiary/aromatic N) is 1. The number of carbonyl (C=O) groups is 1. The Morgan fingerprint density at radius 3 is 2.85 bits per heavy atom. The van der Waals surface area contributed by atoms with Crippen LogP contribution in [0.25, 0.3) is 10.1 Å². The van der Waals surface area contributed by atoms with Gasteiger partial charge in [-0.1, -0.05) is 17.7 Å². The molecular weight excluding hydrogens is 390 g/mol. The normalized spacial score (nSPS) is 10.2. The van der Waals surface area contributed by atoms with Crippen LogP contribution < -0.4 is 15.4 Å². The first-order valence-corrected chi connectivity index (χ1v) is 9.00. The first-order valence-electron chi connectivity index (χ1n) is 7.40. The molecule has 3 rings (SSSR count). The number of carbonyl (C=O) groups excluding carboxylic acids is 1. The number of methoxy groups -OCH3 is 1. The van der Waals surface area contributed by atoms with Crippen molar-refractivity contribution in [3.8, 4) is 11.8 Å². The molecule has 0 radical (unpaired) electrons. The molecule has 1 aromatic heterocycles. The average Bonchev–Trinajstić information content (AvgIpc) is 2.97. The molecule has 1 heterocycles. The van der Waals surface area contributed by atoms with Crippen LogP contribution in [0, 0.1) is 11.3 Å². The Morgan fingerprint density at radius 2 is 2.12 bits per heavy atom. The Labute approximate surface area is 164 Å². The zero-order valence-corrected chi connectivity index (χ0v) is 15.9. The highest BCUT2D eigenvalue weighted by molar-refractivity contribution is 7.80. The molecule has 2 aromatic carbocycles. The minimum Gasteiger partial charge on any atom is -0.497 e. The molecule has 0 saturated carbocycles. The summed E-state index contributed by atoms with van der Waals surface area (Å²) in [5.74, 6) is 0.293. The number of anilines is 1. The van der Waals surface area contributed by atoms with Gasteiger partial charge in [-0.05, 0) is 48.6 Å². The van der Waals surface area contributed by atoms with E-state index in [4.69, 9.17) is 33.8 Å². The summed E-state index contributed by atoms with van der Waals surface area (Å²) in [5.41, 5.74) is 1.10. The fourth-order valence-electron chi connectivity index (χ4n) is 2.31. The third-order valence-electron chi connectivity index (χ3n) is 3.52. The Morgan fingerprint density at radius 1 is 1.31 bits per heavy atom. The first kappa shape index (κ1) is 18.1. The van der Waals surface area contributed by atoms with Crippen LogP contribution in [-0.2, 0) is 0 Å². The molecule has 0 atom stereocenters. The number of hydrogen-bond donors (Lipinski definition) is 2. The predicted octanol–water partition coefficient (Wildman–Crippen LogP) is 4.56. The van der Waals surface area contributed by atoms with E-state index in [1.165, 1.54) is 11.3 Å². The van der Waals surface area contributed by atoms with E-state index in [0.29, 0.717) is 26.9 Å². The topological polar surface area (TPSA) is 74.2 Å². The number of hydrogen-bond acceptors (Lipinski definition) is 5. The van der Waals surface area contributed by atoms with E-state index in [1.54, 1.807) is 37.4 Å². The van der Waals surface area contributed by atoms with Gasteiger partial charge in [-0.25, -0.2) is 0 Å². The van der Waals surface area contributed by atoms with E-state index in [9.17, 15) is 4.79 Å². The van der Waals surface area contributed by atoms with Crippen LogP contribution in [0.5, 0.6) is 5.75 Å². The van der Waals surface area contributed by atoms with Crippen molar-refractivity contribution in [2.45, 2.75) is 0 Å². The number of nitriles is 1. The number of benzene rings is 2.